The minimum Gasteiger partial charge on any atom is -0.744 e. The first-order chi connectivity index (χ1) is 12.0. The number of rotatable bonds is 1. The molecule has 0 fully saturated rings. The zero-order valence-corrected chi connectivity index (χ0v) is 15.8. The van der Waals surface area contributed by atoms with Gasteiger partial charge in [-0.05, 0) is 36.9 Å². The molecule has 9 nitrogen and oxygen atoms in total. The lowest BCUT2D eigenvalue weighted by Crippen LogP contribution is -2.49. The molecule has 26 heavy (non-hydrogen) atoms. The van der Waals surface area contributed by atoms with Gasteiger partial charge in [-0.3, -0.25) is 11.2 Å². The molecule has 2 aromatic rings. The Kier molecular flexibility index (Phi) is 5.47. The van der Waals surface area contributed by atoms with Crippen LogP contribution >= 0.6 is 0 Å². The normalized spacial score (nSPS) is 13.0. The van der Waals surface area contributed by atoms with Crippen molar-refractivity contribution in [2.75, 3.05) is 11.2 Å². The summed E-state index contributed by atoms with van der Waals surface area (Å²) in [5.74, 6) is 6.83. The Morgan fingerprint density at radius 1 is 1.19 bits per heavy atom. The molecule has 0 unspecified atom stereocenters. The number of benzene rings is 1. The number of carbonyl (C=O) groups excluding carboxylic acids is 1. The van der Waals surface area contributed by atoms with Gasteiger partial charge in [-0.1, -0.05) is 17.7 Å². The molecule has 1 aliphatic rings. The number of fused-ring (bicyclic) bond motifs is 1. The smallest absolute Gasteiger partial charge is 0.322 e. The third kappa shape index (κ3) is 4.46. The van der Waals surface area contributed by atoms with Crippen LogP contribution in [0.4, 0.5) is 10.6 Å². The molecule has 0 atom stereocenters. The molecule has 3 rings (SSSR count). The van der Waals surface area contributed by atoms with Gasteiger partial charge in [-0.15, -0.1) is 4.68 Å². The molecule has 0 aliphatic carbocycles. The van der Waals surface area contributed by atoms with Crippen LogP contribution in [0.25, 0.3) is 0 Å². The van der Waals surface area contributed by atoms with Gasteiger partial charge in [0.15, 0.2) is 0 Å². The number of aryl methyl sites for hydroxylation is 4. The van der Waals surface area contributed by atoms with Gasteiger partial charge in [0.25, 0.3) is 5.82 Å². The third-order valence-electron chi connectivity index (χ3n) is 3.77. The average molecular weight is 379 g/mol. The van der Waals surface area contributed by atoms with Crippen molar-refractivity contribution in [2.45, 2.75) is 39.1 Å². The maximum absolute atomic E-state index is 10.9. The number of carbonyl (C=O) groups is 1. The predicted molar refractivity (Wildman–Crippen MR) is 93.8 cm³/mol. The molecular formula is C16H21N5O4S. The Morgan fingerprint density at radius 3 is 2.31 bits per heavy atom. The Morgan fingerprint density at radius 2 is 1.77 bits per heavy atom. The van der Waals surface area contributed by atoms with Crippen LogP contribution in [0, 0.1) is 27.7 Å². The Hall–Kier alpha value is -2.72. The molecule has 0 saturated carbocycles. The average Bonchev–Trinajstić information content (AvgIpc) is 2.47. The number of nitrogens with two attached hydrogens (primary N) is 1. The van der Waals surface area contributed by atoms with Crippen LogP contribution in [-0.2, 0) is 16.7 Å². The lowest BCUT2D eigenvalue weighted by Gasteiger charge is -2.14. The second-order valence-electron chi connectivity index (χ2n) is 6.06. The van der Waals surface area contributed by atoms with Crippen molar-refractivity contribution in [3.05, 3.63) is 46.4 Å². The van der Waals surface area contributed by atoms with Crippen LogP contribution in [-0.4, -0.2) is 24.0 Å². The number of aromatic nitrogens is 2. The number of hydrogen-bond donors (Lipinski definition) is 3. The molecular weight excluding hydrogens is 358 g/mol. The zero-order chi connectivity index (χ0) is 19.6. The van der Waals surface area contributed by atoms with E-state index in [2.05, 4.69) is 15.6 Å². The molecule has 2 heterocycles. The van der Waals surface area contributed by atoms with E-state index in [1.54, 1.807) is 39.1 Å². The second kappa shape index (κ2) is 7.26. The largest absolute Gasteiger partial charge is 0.744 e. The lowest BCUT2D eigenvalue weighted by molar-refractivity contribution is -0.649. The van der Waals surface area contributed by atoms with E-state index < -0.39 is 10.1 Å². The fourth-order valence-corrected chi connectivity index (χ4v) is 3.65. The van der Waals surface area contributed by atoms with E-state index in [-0.39, 0.29) is 10.9 Å². The highest BCUT2D eigenvalue weighted by Crippen LogP contribution is 2.20. The first-order valence-corrected chi connectivity index (χ1v) is 9.15. The molecule has 0 saturated heterocycles. The molecule has 0 spiro atoms. The highest BCUT2D eigenvalue weighted by Gasteiger charge is 2.22. The number of amides is 2. The SMILES string of the molecule is Cc1cc(C)c(S(=O)(=O)[O-])c(C)c1.Cc1nc2c(c[n+]1N)CNC(=O)N2. The Balaban J connectivity index is 0.000000187. The number of anilines is 1. The molecule has 140 valence electrons. The monoisotopic (exact) mass is 379 g/mol. The fourth-order valence-electron chi connectivity index (χ4n) is 2.74. The molecule has 1 aromatic carbocycles. The van der Waals surface area contributed by atoms with E-state index in [1.165, 1.54) is 4.68 Å². The summed E-state index contributed by atoms with van der Waals surface area (Å²) in [6.07, 6.45) is 1.74. The van der Waals surface area contributed by atoms with Gasteiger partial charge in [-0.2, -0.15) is 0 Å². The summed E-state index contributed by atoms with van der Waals surface area (Å²) < 4.78 is 33.9. The van der Waals surface area contributed by atoms with Crippen LogP contribution in [0.2, 0.25) is 0 Å². The topological polar surface area (TPSA) is 141 Å². The number of hydrogen-bond acceptors (Lipinski definition) is 6. The minimum atomic E-state index is -4.33. The van der Waals surface area contributed by atoms with Crippen LogP contribution in [0.3, 0.4) is 0 Å². The van der Waals surface area contributed by atoms with Crippen LogP contribution in [0.5, 0.6) is 0 Å². The molecule has 2 amide bonds. The summed E-state index contributed by atoms with van der Waals surface area (Å²) >= 11 is 0. The highest BCUT2D eigenvalue weighted by molar-refractivity contribution is 7.85. The molecule has 0 radical (unpaired) electrons. The van der Waals surface area contributed by atoms with E-state index in [4.69, 9.17) is 5.84 Å². The summed E-state index contributed by atoms with van der Waals surface area (Å²) in [6.45, 7) is 7.36. The van der Waals surface area contributed by atoms with Crippen molar-refractivity contribution in [1.29, 1.82) is 0 Å². The maximum atomic E-state index is 10.9. The molecule has 0 bridgehead atoms. The van der Waals surface area contributed by atoms with E-state index in [0.717, 1.165) is 11.1 Å². The number of urea groups is 1. The summed E-state index contributed by atoms with van der Waals surface area (Å²) in [5, 5.41) is 5.22. The van der Waals surface area contributed by atoms with E-state index in [0.29, 0.717) is 29.3 Å². The van der Waals surface area contributed by atoms with Crippen molar-refractivity contribution in [3.63, 3.8) is 0 Å². The molecule has 10 heteroatoms. The fraction of sp³-hybridized carbons (Fsp3) is 0.312. The third-order valence-corrected chi connectivity index (χ3v) is 4.92. The number of nitrogens with zero attached hydrogens (tertiary/aromatic N) is 2. The van der Waals surface area contributed by atoms with Gasteiger partial charge >= 0.3 is 11.9 Å². The van der Waals surface area contributed by atoms with E-state index in [1.807, 2.05) is 6.92 Å². The standard InChI is InChI=1S/C9H12O3S.C7H9N5O/c1-6-4-7(2)9(8(3)5-6)13(10,11)12;1-4-10-6-5(3-12(4)8)2-9-7(13)11-6/h4-5H,1-3H3,(H,10,11,12);3H,2,8H2,1H3,(H,9,13). The quantitative estimate of drug-likeness (QED) is 0.375. The number of nitrogen functional groups attached to an aromatic ring is 1. The summed E-state index contributed by atoms with van der Waals surface area (Å²) in [4.78, 5) is 15.0. The Labute approximate surface area is 152 Å². The second-order valence-corrected chi connectivity index (χ2v) is 7.38. The predicted octanol–water partition coefficient (Wildman–Crippen LogP) is 0.542. The Bertz CT molecular complexity index is 950. The van der Waals surface area contributed by atoms with Gasteiger partial charge in [0.2, 0.25) is 0 Å². The van der Waals surface area contributed by atoms with E-state index in [9.17, 15) is 17.8 Å². The summed E-state index contributed by atoms with van der Waals surface area (Å²) in [7, 11) is -4.33. The highest BCUT2D eigenvalue weighted by atomic mass is 32.2. The van der Waals surface area contributed by atoms with Crippen LogP contribution in [0.15, 0.2) is 23.2 Å². The van der Waals surface area contributed by atoms with Crippen molar-refractivity contribution < 1.29 is 22.4 Å². The molecule has 4 N–H and O–H groups in total. The number of nitrogens with one attached hydrogen (secondary N) is 2. The summed E-state index contributed by atoms with van der Waals surface area (Å²) in [6, 6.07) is 3.16. The van der Waals surface area contributed by atoms with Crippen LogP contribution in [0.1, 0.15) is 28.1 Å². The van der Waals surface area contributed by atoms with Gasteiger partial charge in [0, 0.05) is 6.92 Å². The van der Waals surface area contributed by atoms with Gasteiger partial charge in [0.1, 0.15) is 16.3 Å². The maximum Gasteiger partial charge on any atom is 0.322 e. The van der Waals surface area contributed by atoms with Gasteiger partial charge in [0.05, 0.1) is 17.0 Å². The van der Waals surface area contributed by atoms with Crippen molar-refractivity contribution in [2.24, 2.45) is 0 Å². The minimum absolute atomic E-state index is 0.0851. The van der Waals surface area contributed by atoms with E-state index >= 15 is 0 Å². The summed E-state index contributed by atoms with van der Waals surface area (Å²) in [5.41, 5.74) is 2.88. The van der Waals surface area contributed by atoms with Crippen molar-refractivity contribution >= 4 is 22.0 Å². The van der Waals surface area contributed by atoms with Crippen LogP contribution < -0.4 is 21.2 Å². The molecule has 1 aliphatic heterocycles. The zero-order valence-electron chi connectivity index (χ0n) is 15.0. The van der Waals surface area contributed by atoms with Gasteiger partial charge in [-0.25, -0.2) is 13.2 Å². The van der Waals surface area contributed by atoms with Crippen molar-refractivity contribution in [1.82, 2.24) is 10.3 Å². The van der Waals surface area contributed by atoms with Gasteiger partial charge < -0.3 is 9.87 Å². The van der Waals surface area contributed by atoms with Crippen molar-refractivity contribution in [3.8, 4) is 0 Å². The lowest BCUT2D eigenvalue weighted by atomic mass is 10.1. The molecule has 1 aromatic heterocycles. The first-order valence-electron chi connectivity index (χ1n) is 7.75. The first kappa shape index (κ1) is 19.6.